The van der Waals surface area contributed by atoms with Crippen molar-refractivity contribution in [2.45, 2.75) is 13.0 Å². The Morgan fingerprint density at radius 2 is 2.03 bits per heavy atom. The number of benzene rings is 1. The number of hydrogen-bond acceptors (Lipinski definition) is 8. The van der Waals surface area contributed by atoms with Gasteiger partial charge in [-0.05, 0) is 35.0 Å². The van der Waals surface area contributed by atoms with Crippen molar-refractivity contribution in [3.05, 3.63) is 56.3 Å². The van der Waals surface area contributed by atoms with Gasteiger partial charge in [-0.2, -0.15) is 20.2 Å². The molecule has 0 aliphatic carbocycles. The number of nitrogen functional groups attached to an aromatic ring is 1. The number of aromatic amines is 2. The van der Waals surface area contributed by atoms with E-state index in [0.717, 1.165) is 0 Å². The van der Waals surface area contributed by atoms with E-state index in [9.17, 15) is 4.79 Å². The van der Waals surface area contributed by atoms with Gasteiger partial charge in [-0.15, -0.1) is 0 Å². The first-order valence-electron chi connectivity index (χ1n) is 9.08. The fourth-order valence-electron chi connectivity index (χ4n) is 3.38. The molecule has 0 saturated carbocycles. The quantitative estimate of drug-likeness (QED) is 0.293. The molecule has 5 rings (SSSR count). The number of nitrogens with one attached hydrogen (secondary N) is 3. The molecule has 1 aromatic carbocycles. The first-order valence-corrected chi connectivity index (χ1v) is 10.3. The maximum absolute atomic E-state index is 13.4. The second-order valence-corrected chi connectivity index (χ2v) is 7.92. The fraction of sp³-hybridized carbons (Fsp3) is 0.111. The van der Waals surface area contributed by atoms with Crippen LogP contribution in [0.5, 0.6) is 0 Å². The number of fused-ring (bicyclic) bond motifs is 2. The SMILES string of the molecule is CC(Nc1nc(N)nc2n[nH]c(Br)c12)c1nc2cccc(Cl)c2c(=O)n1-c1ccn[nH]1. The zero-order valence-corrected chi connectivity index (χ0v) is 18.2. The summed E-state index contributed by atoms with van der Waals surface area (Å²) in [7, 11) is 0. The predicted molar refractivity (Wildman–Crippen MR) is 120 cm³/mol. The van der Waals surface area contributed by atoms with Gasteiger partial charge in [-0.3, -0.25) is 15.0 Å². The van der Waals surface area contributed by atoms with Crippen molar-refractivity contribution in [2.24, 2.45) is 0 Å². The van der Waals surface area contributed by atoms with Crippen LogP contribution < -0.4 is 16.6 Å². The zero-order chi connectivity index (χ0) is 21.7. The third kappa shape index (κ3) is 3.20. The number of rotatable bonds is 4. The number of hydrogen-bond donors (Lipinski definition) is 4. The molecule has 13 heteroatoms. The Hall–Kier alpha value is -3.51. The van der Waals surface area contributed by atoms with Crippen molar-refractivity contribution in [3.8, 4) is 5.82 Å². The molecule has 0 radical (unpaired) electrons. The lowest BCUT2D eigenvalue weighted by atomic mass is 10.2. The second-order valence-electron chi connectivity index (χ2n) is 6.72. The van der Waals surface area contributed by atoms with Crippen molar-refractivity contribution in [1.29, 1.82) is 0 Å². The minimum absolute atomic E-state index is 0.0606. The Kier molecular flexibility index (Phi) is 4.59. The summed E-state index contributed by atoms with van der Waals surface area (Å²) in [4.78, 5) is 26.5. The highest BCUT2D eigenvalue weighted by molar-refractivity contribution is 9.10. The van der Waals surface area contributed by atoms with Crippen LogP contribution in [-0.2, 0) is 0 Å². The molecule has 11 nitrogen and oxygen atoms in total. The van der Waals surface area contributed by atoms with Gasteiger partial charge < -0.3 is 11.1 Å². The maximum atomic E-state index is 13.4. The van der Waals surface area contributed by atoms with Crippen LogP contribution >= 0.6 is 27.5 Å². The fourth-order valence-corrected chi connectivity index (χ4v) is 4.09. The van der Waals surface area contributed by atoms with E-state index in [0.29, 0.717) is 49.0 Å². The lowest BCUT2D eigenvalue weighted by Gasteiger charge is -2.19. The van der Waals surface area contributed by atoms with E-state index in [-0.39, 0.29) is 11.5 Å². The second kappa shape index (κ2) is 7.32. The first-order chi connectivity index (χ1) is 14.9. The van der Waals surface area contributed by atoms with Crippen LogP contribution in [0.1, 0.15) is 18.8 Å². The molecule has 5 aromatic rings. The number of aromatic nitrogens is 8. The maximum Gasteiger partial charge on any atom is 0.268 e. The van der Waals surface area contributed by atoms with Crippen LogP contribution in [-0.4, -0.2) is 39.9 Å². The van der Waals surface area contributed by atoms with E-state index >= 15 is 0 Å². The Labute approximate surface area is 187 Å². The average molecular weight is 502 g/mol. The standard InChI is InChI=1S/C18H14BrClN10O/c1-7(23-14-12-13(19)28-29-15(12)26-18(21)25-14)16-24-9-4-2-3-8(20)11(9)17(31)30(16)10-5-6-22-27-10/h2-7H,1H3,(H,22,27)(H4,21,23,25,26,28,29). The van der Waals surface area contributed by atoms with Gasteiger partial charge in [0.1, 0.15) is 22.1 Å². The van der Waals surface area contributed by atoms with E-state index in [1.807, 2.05) is 6.92 Å². The van der Waals surface area contributed by atoms with Gasteiger partial charge in [0.25, 0.3) is 5.56 Å². The molecule has 4 aromatic heterocycles. The molecule has 0 bridgehead atoms. The van der Waals surface area contributed by atoms with Crippen molar-refractivity contribution in [3.63, 3.8) is 0 Å². The lowest BCUT2D eigenvalue weighted by molar-refractivity contribution is 0.720. The number of H-pyrrole nitrogens is 2. The minimum atomic E-state index is -0.473. The van der Waals surface area contributed by atoms with E-state index < -0.39 is 6.04 Å². The van der Waals surface area contributed by atoms with Crippen LogP contribution in [0.25, 0.3) is 27.8 Å². The molecule has 0 fully saturated rings. The highest BCUT2D eigenvalue weighted by atomic mass is 79.9. The first kappa shape index (κ1) is 19.5. The van der Waals surface area contributed by atoms with Crippen molar-refractivity contribution in [1.82, 2.24) is 39.9 Å². The molecule has 5 N–H and O–H groups in total. The minimum Gasteiger partial charge on any atom is -0.368 e. The molecule has 0 spiro atoms. The third-order valence-corrected chi connectivity index (χ3v) is 5.62. The molecule has 0 aliphatic heterocycles. The van der Waals surface area contributed by atoms with Crippen LogP contribution in [0.4, 0.5) is 11.8 Å². The monoisotopic (exact) mass is 500 g/mol. The van der Waals surface area contributed by atoms with Gasteiger partial charge in [0.05, 0.1) is 33.6 Å². The van der Waals surface area contributed by atoms with E-state index in [4.69, 9.17) is 22.3 Å². The molecule has 156 valence electrons. The van der Waals surface area contributed by atoms with Crippen LogP contribution in [0.15, 0.2) is 39.9 Å². The normalized spacial score (nSPS) is 12.5. The highest BCUT2D eigenvalue weighted by Crippen LogP contribution is 2.30. The molecule has 4 heterocycles. The topological polar surface area (TPSA) is 156 Å². The van der Waals surface area contributed by atoms with Crippen molar-refractivity contribution >= 4 is 61.2 Å². The number of anilines is 2. The van der Waals surface area contributed by atoms with Crippen molar-refractivity contribution < 1.29 is 0 Å². The van der Waals surface area contributed by atoms with E-state index in [1.165, 1.54) is 4.57 Å². The number of nitrogens with two attached hydrogens (primary N) is 1. The molecular weight excluding hydrogens is 488 g/mol. The summed E-state index contributed by atoms with van der Waals surface area (Å²) in [6, 6.07) is 6.34. The third-order valence-electron chi connectivity index (χ3n) is 4.73. The smallest absolute Gasteiger partial charge is 0.268 e. The predicted octanol–water partition coefficient (Wildman–Crippen LogP) is 2.95. The summed E-state index contributed by atoms with van der Waals surface area (Å²) in [5, 5.41) is 18.2. The van der Waals surface area contributed by atoms with E-state index in [2.05, 4.69) is 51.6 Å². The van der Waals surface area contributed by atoms with E-state index in [1.54, 1.807) is 30.5 Å². The summed E-state index contributed by atoms with van der Waals surface area (Å²) in [5.74, 6) is 1.38. The van der Waals surface area contributed by atoms with Crippen LogP contribution in [0.2, 0.25) is 5.02 Å². The summed E-state index contributed by atoms with van der Waals surface area (Å²) in [6.45, 7) is 1.85. The number of nitrogens with zero attached hydrogens (tertiary/aromatic N) is 6. The van der Waals surface area contributed by atoms with Crippen LogP contribution in [0.3, 0.4) is 0 Å². The summed E-state index contributed by atoms with van der Waals surface area (Å²) in [6.07, 6.45) is 1.55. The average Bonchev–Trinajstić information content (AvgIpc) is 3.38. The van der Waals surface area contributed by atoms with Crippen LogP contribution in [0, 0.1) is 0 Å². The molecule has 0 aliphatic rings. The highest BCUT2D eigenvalue weighted by Gasteiger charge is 2.22. The molecule has 31 heavy (non-hydrogen) atoms. The Balaban J connectivity index is 1.71. The molecule has 0 amide bonds. The summed E-state index contributed by atoms with van der Waals surface area (Å²) in [5.41, 5.74) is 6.40. The molecule has 1 unspecified atom stereocenters. The van der Waals surface area contributed by atoms with Crippen molar-refractivity contribution in [2.75, 3.05) is 11.1 Å². The molecule has 0 saturated heterocycles. The molecular formula is C18H14BrClN10O. The lowest BCUT2D eigenvalue weighted by Crippen LogP contribution is -2.28. The Morgan fingerprint density at radius 3 is 2.81 bits per heavy atom. The summed E-state index contributed by atoms with van der Waals surface area (Å²) < 4.78 is 2.03. The summed E-state index contributed by atoms with van der Waals surface area (Å²) >= 11 is 9.71. The van der Waals surface area contributed by atoms with Gasteiger partial charge >= 0.3 is 0 Å². The van der Waals surface area contributed by atoms with Gasteiger partial charge in [-0.1, -0.05) is 17.7 Å². The zero-order valence-electron chi connectivity index (χ0n) is 15.9. The van der Waals surface area contributed by atoms with Gasteiger partial charge in [0, 0.05) is 6.07 Å². The Morgan fingerprint density at radius 1 is 1.19 bits per heavy atom. The Bertz CT molecular complexity index is 1490. The molecule has 1 atom stereocenters. The van der Waals surface area contributed by atoms with Gasteiger partial charge in [0.2, 0.25) is 5.95 Å². The largest absolute Gasteiger partial charge is 0.368 e. The number of halogens is 2. The van der Waals surface area contributed by atoms with Gasteiger partial charge in [0.15, 0.2) is 5.65 Å². The van der Waals surface area contributed by atoms with Gasteiger partial charge in [-0.25, -0.2) is 9.55 Å².